The molecule has 1 rings (SSSR count). The molecule has 0 heterocycles. The number of carbonyl (C=O) groups is 1. The minimum absolute atomic E-state index is 0.0799. The van der Waals surface area contributed by atoms with Gasteiger partial charge in [0.1, 0.15) is 0 Å². The highest BCUT2D eigenvalue weighted by Crippen LogP contribution is 2.15. The third-order valence-corrected chi connectivity index (χ3v) is 3.55. The summed E-state index contributed by atoms with van der Waals surface area (Å²) in [4.78, 5) is 11.8. The van der Waals surface area contributed by atoms with Crippen molar-refractivity contribution in [3.05, 3.63) is 34.9 Å². The molecule has 1 aromatic carbocycles. The Bertz CT molecular complexity index is 405. The zero-order chi connectivity index (χ0) is 15.0. The van der Waals surface area contributed by atoms with E-state index in [0.717, 1.165) is 17.9 Å². The average Bonchev–Trinajstić information content (AvgIpc) is 2.39. The van der Waals surface area contributed by atoms with Crippen LogP contribution in [0.4, 0.5) is 0 Å². The van der Waals surface area contributed by atoms with Crippen LogP contribution in [0.15, 0.2) is 24.3 Å². The standard InChI is InChI=1S/C16H24ClNO2/c1-12(7-8-19)11-18-16(20)10-13(2)9-14-3-5-15(17)6-4-14/h3-6,12-13,19H,7-11H2,1-2H3,(H,18,20). The first kappa shape index (κ1) is 17.0. The van der Waals surface area contributed by atoms with Crippen molar-refractivity contribution in [2.24, 2.45) is 11.8 Å². The van der Waals surface area contributed by atoms with Gasteiger partial charge in [-0.25, -0.2) is 0 Å². The number of carbonyl (C=O) groups excluding carboxylic acids is 1. The molecule has 2 atom stereocenters. The maximum absolute atomic E-state index is 11.8. The maximum atomic E-state index is 11.8. The van der Waals surface area contributed by atoms with E-state index >= 15 is 0 Å². The van der Waals surface area contributed by atoms with Crippen molar-refractivity contribution < 1.29 is 9.90 Å². The van der Waals surface area contributed by atoms with E-state index in [2.05, 4.69) is 12.2 Å². The van der Waals surface area contributed by atoms with Crippen molar-refractivity contribution >= 4 is 17.5 Å². The van der Waals surface area contributed by atoms with E-state index in [1.807, 2.05) is 31.2 Å². The molecule has 0 aliphatic rings. The molecule has 1 aromatic rings. The minimum atomic E-state index is 0.0799. The highest BCUT2D eigenvalue weighted by atomic mass is 35.5. The second-order valence-electron chi connectivity index (χ2n) is 5.56. The first-order valence-electron chi connectivity index (χ1n) is 7.13. The monoisotopic (exact) mass is 297 g/mol. The predicted octanol–water partition coefficient (Wildman–Crippen LogP) is 3.04. The molecule has 0 saturated carbocycles. The van der Waals surface area contributed by atoms with E-state index < -0.39 is 0 Å². The number of halogens is 1. The molecule has 3 nitrogen and oxygen atoms in total. The number of benzene rings is 1. The summed E-state index contributed by atoms with van der Waals surface area (Å²) in [6, 6.07) is 7.75. The molecule has 2 unspecified atom stereocenters. The predicted molar refractivity (Wildman–Crippen MR) is 82.8 cm³/mol. The summed E-state index contributed by atoms with van der Waals surface area (Å²) in [5.41, 5.74) is 1.20. The second-order valence-corrected chi connectivity index (χ2v) is 6.00. The minimum Gasteiger partial charge on any atom is -0.396 e. The molecular formula is C16H24ClNO2. The third kappa shape index (κ3) is 6.92. The van der Waals surface area contributed by atoms with Crippen molar-refractivity contribution in [3.8, 4) is 0 Å². The van der Waals surface area contributed by atoms with Gasteiger partial charge in [-0.05, 0) is 42.4 Å². The van der Waals surface area contributed by atoms with Gasteiger partial charge in [-0.15, -0.1) is 0 Å². The molecule has 0 bridgehead atoms. The fourth-order valence-corrected chi connectivity index (χ4v) is 2.22. The van der Waals surface area contributed by atoms with Gasteiger partial charge >= 0.3 is 0 Å². The maximum Gasteiger partial charge on any atom is 0.220 e. The van der Waals surface area contributed by atoms with Crippen molar-refractivity contribution in [1.29, 1.82) is 0 Å². The Hall–Kier alpha value is -1.06. The van der Waals surface area contributed by atoms with Gasteiger partial charge in [0.05, 0.1) is 0 Å². The Kier molecular flexibility index (Phi) is 7.63. The molecule has 0 aromatic heterocycles. The quantitative estimate of drug-likeness (QED) is 0.775. The number of rotatable bonds is 8. The lowest BCUT2D eigenvalue weighted by atomic mass is 9.97. The molecule has 1 amide bonds. The molecule has 0 fully saturated rings. The fourth-order valence-electron chi connectivity index (χ4n) is 2.09. The lowest BCUT2D eigenvalue weighted by molar-refractivity contribution is -0.122. The topological polar surface area (TPSA) is 49.3 Å². The molecule has 2 N–H and O–H groups in total. The van der Waals surface area contributed by atoms with Gasteiger partial charge < -0.3 is 10.4 Å². The van der Waals surface area contributed by atoms with Crippen LogP contribution in [0.3, 0.4) is 0 Å². The van der Waals surface area contributed by atoms with E-state index in [1.165, 1.54) is 5.56 Å². The van der Waals surface area contributed by atoms with Gasteiger partial charge in [0, 0.05) is 24.6 Å². The third-order valence-electron chi connectivity index (χ3n) is 3.30. The molecule has 0 aliphatic heterocycles. The Balaban J connectivity index is 2.29. The van der Waals surface area contributed by atoms with E-state index in [9.17, 15) is 4.79 Å². The van der Waals surface area contributed by atoms with Gasteiger partial charge in [0.15, 0.2) is 0 Å². The van der Waals surface area contributed by atoms with Crippen LogP contribution < -0.4 is 5.32 Å². The Labute approximate surface area is 126 Å². The largest absolute Gasteiger partial charge is 0.396 e. The Morgan fingerprint density at radius 1 is 1.25 bits per heavy atom. The summed E-state index contributed by atoms with van der Waals surface area (Å²) >= 11 is 5.85. The number of hydrogen-bond acceptors (Lipinski definition) is 2. The van der Waals surface area contributed by atoms with Crippen molar-refractivity contribution in [1.82, 2.24) is 5.32 Å². The Morgan fingerprint density at radius 2 is 1.90 bits per heavy atom. The first-order valence-corrected chi connectivity index (χ1v) is 7.51. The summed E-state index contributed by atoms with van der Waals surface area (Å²) in [6.07, 6.45) is 2.12. The molecule has 20 heavy (non-hydrogen) atoms. The number of amides is 1. The number of hydrogen-bond donors (Lipinski definition) is 2. The van der Waals surface area contributed by atoms with Crippen LogP contribution in [0.1, 0.15) is 32.3 Å². The van der Waals surface area contributed by atoms with E-state index in [-0.39, 0.29) is 12.5 Å². The first-order chi connectivity index (χ1) is 9.51. The van der Waals surface area contributed by atoms with Gasteiger partial charge in [-0.1, -0.05) is 37.6 Å². The number of aliphatic hydroxyl groups excluding tert-OH is 1. The van der Waals surface area contributed by atoms with E-state index in [4.69, 9.17) is 16.7 Å². The summed E-state index contributed by atoms with van der Waals surface area (Å²) in [6.45, 7) is 4.90. The summed E-state index contributed by atoms with van der Waals surface area (Å²) < 4.78 is 0. The van der Waals surface area contributed by atoms with Gasteiger partial charge in [0.2, 0.25) is 5.91 Å². The van der Waals surface area contributed by atoms with Crippen molar-refractivity contribution in [2.75, 3.05) is 13.2 Å². The van der Waals surface area contributed by atoms with Crippen LogP contribution in [0.25, 0.3) is 0 Å². The SMILES string of the molecule is CC(CCO)CNC(=O)CC(C)Cc1ccc(Cl)cc1. The van der Waals surface area contributed by atoms with Crippen LogP contribution in [-0.2, 0) is 11.2 Å². The van der Waals surface area contributed by atoms with Crippen LogP contribution in [0.2, 0.25) is 5.02 Å². The zero-order valence-electron chi connectivity index (χ0n) is 12.2. The highest BCUT2D eigenvalue weighted by molar-refractivity contribution is 6.30. The molecule has 0 radical (unpaired) electrons. The lowest BCUT2D eigenvalue weighted by Gasteiger charge is -2.14. The summed E-state index contributed by atoms with van der Waals surface area (Å²) in [5, 5.41) is 12.5. The molecule has 4 heteroatoms. The molecular weight excluding hydrogens is 274 g/mol. The highest BCUT2D eigenvalue weighted by Gasteiger charge is 2.11. The average molecular weight is 298 g/mol. The lowest BCUT2D eigenvalue weighted by Crippen LogP contribution is -2.30. The van der Waals surface area contributed by atoms with Crippen LogP contribution in [-0.4, -0.2) is 24.2 Å². The molecule has 0 saturated heterocycles. The number of aliphatic hydroxyl groups is 1. The number of nitrogens with one attached hydrogen (secondary N) is 1. The van der Waals surface area contributed by atoms with Crippen molar-refractivity contribution in [3.63, 3.8) is 0 Å². The summed E-state index contributed by atoms with van der Waals surface area (Å²) in [5.74, 6) is 0.691. The van der Waals surface area contributed by atoms with Crippen molar-refractivity contribution in [2.45, 2.75) is 33.1 Å². The van der Waals surface area contributed by atoms with E-state index in [0.29, 0.717) is 24.8 Å². The van der Waals surface area contributed by atoms with Crippen LogP contribution >= 0.6 is 11.6 Å². The van der Waals surface area contributed by atoms with Gasteiger partial charge in [0.25, 0.3) is 0 Å². The molecule has 0 aliphatic carbocycles. The van der Waals surface area contributed by atoms with E-state index in [1.54, 1.807) is 0 Å². The smallest absolute Gasteiger partial charge is 0.220 e. The van der Waals surface area contributed by atoms with Crippen LogP contribution in [0.5, 0.6) is 0 Å². The summed E-state index contributed by atoms with van der Waals surface area (Å²) in [7, 11) is 0. The van der Waals surface area contributed by atoms with Gasteiger partial charge in [-0.2, -0.15) is 0 Å². The second kappa shape index (κ2) is 8.98. The van der Waals surface area contributed by atoms with Crippen LogP contribution in [0, 0.1) is 11.8 Å². The zero-order valence-corrected chi connectivity index (χ0v) is 13.0. The normalized spacial score (nSPS) is 13.8. The molecule has 0 spiro atoms. The molecule has 112 valence electrons. The van der Waals surface area contributed by atoms with Gasteiger partial charge in [-0.3, -0.25) is 4.79 Å². The fraction of sp³-hybridized carbons (Fsp3) is 0.562. The Morgan fingerprint density at radius 3 is 2.50 bits per heavy atom.